The molecule has 0 spiro atoms. The Kier molecular flexibility index (Phi) is 3.64. The standard InChI is InChI=1S/C12H8Cl2OS/c13-11-9(15)6-7-10(12(11)14)16-8-4-2-1-3-5-8/h1-7,15H. The van der Waals surface area contributed by atoms with E-state index >= 15 is 0 Å². The maximum Gasteiger partial charge on any atom is 0.135 e. The number of rotatable bonds is 2. The van der Waals surface area contributed by atoms with Crippen molar-refractivity contribution < 1.29 is 5.11 Å². The third kappa shape index (κ3) is 2.46. The van der Waals surface area contributed by atoms with Crippen LogP contribution in [0.1, 0.15) is 0 Å². The number of halogens is 2. The second kappa shape index (κ2) is 5.00. The molecule has 0 bridgehead atoms. The van der Waals surface area contributed by atoms with Crippen molar-refractivity contribution >= 4 is 35.0 Å². The lowest BCUT2D eigenvalue weighted by atomic mass is 10.3. The molecule has 0 aliphatic heterocycles. The molecule has 0 fully saturated rings. The molecule has 0 saturated heterocycles. The van der Waals surface area contributed by atoms with Crippen molar-refractivity contribution in [1.82, 2.24) is 0 Å². The molecule has 0 radical (unpaired) electrons. The molecule has 0 unspecified atom stereocenters. The van der Waals surface area contributed by atoms with Gasteiger partial charge in [-0.1, -0.05) is 53.2 Å². The summed E-state index contributed by atoms with van der Waals surface area (Å²) in [6.07, 6.45) is 0. The topological polar surface area (TPSA) is 20.2 Å². The summed E-state index contributed by atoms with van der Waals surface area (Å²) in [5.74, 6) is 0.00378. The van der Waals surface area contributed by atoms with Gasteiger partial charge in [0.15, 0.2) is 0 Å². The van der Waals surface area contributed by atoms with E-state index in [0.29, 0.717) is 5.02 Å². The average Bonchev–Trinajstić information content (AvgIpc) is 2.31. The molecule has 82 valence electrons. The Labute approximate surface area is 108 Å². The molecule has 1 nitrogen and oxygen atoms in total. The van der Waals surface area contributed by atoms with E-state index in [-0.39, 0.29) is 10.8 Å². The van der Waals surface area contributed by atoms with Gasteiger partial charge in [-0.05, 0) is 24.3 Å². The van der Waals surface area contributed by atoms with Crippen LogP contribution in [0.2, 0.25) is 10.0 Å². The maximum absolute atomic E-state index is 9.36. The van der Waals surface area contributed by atoms with E-state index in [1.165, 1.54) is 11.8 Å². The molecule has 0 amide bonds. The lowest BCUT2D eigenvalue weighted by Gasteiger charge is -2.06. The highest BCUT2D eigenvalue weighted by molar-refractivity contribution is 7.99. The second-order valence-electron chi connectivity index (χ2n) is 3.13. The van der Waals surface area contributed by atoms with Gasteiger partial charge in [-0.3, -0.25) is 0 Å². The molecule has 0 saturated carbocycles. The van der Waals surface area contributed by atoms with Crippen LogP contribution in [0.3, 0.4) is 0 Å². The Bertz CT molecular complexity index is 500. The van der Waals surface area contributed by atoms with Gasteiger partial charge >= 0.3 is 0 Å². The quantitative estimate of drug-likeness (QED) is 0.842. The van der Waals surface area contributed by atoms with Crippen LogP contribution in [0.15, 0.2) is 52.3 Å². The first-order chi connectivity index (χ1) is 7.68. The molecule has 0 aliphatic carbocycles. The van der Waals surface area contributed by atoms with Gasteiger partial charge in [0.05, 0.1) is 5.02 Å². The summed E-state index contributed by atoms with van der Waals surface area (Å²) < 4.78 is 0. The molecule has 0 aliphatic rings. The number of phenolic OH excluding ortho intramolecular Hbond substituents is 1. The van der Waals surface area contributed by atoms with E-state index < -0.39 is 0 Å². The first kappa shape index (κ1) is 11.6. The van der Waals surface area contributed by atoms with Crippen LogP contribution < -0.4 is 0 Å². The maximum atomic E-state index is 9.36. The Hall–Kier alpha value is -0.830. The molecule has 1 N–H and O–H groups in total. The average molecular weight is 271 g/mol. The van der Waals surface area contributed by atoms with Gasteiger partial charge in [0.1, 0.15) is 10.8 Å². The van der Waals surface area contributed by atoms with Crippen molar-refractivity contribution in [1.29, 1.82) is 0 Å². The van der Waals surface area contributed by atoms with Gasteiger partial charge in [0, 0.05) is 9.79 Å². The summed E-state index contributed by atoms with van der Waals surface area (Å²) >= 11 is 13.4. The molecule has 16 heavy (non-hydrogen) atoms. The predicted octanol–water partition coefficient (Wildman–Crippen LogP) is 4.85. The monoisotopic (exact) mass is 270 g/mol. The van der Waals surface area contributed by atoms with Crippen LogP contribution in [0.5, 0.6) is 5.75 Å². The van der Waals surface area contributed by atoms with Crippen LogP contribution in [0.4, 0.5) is 0 Å². The Morgan fingerprint density at radius 3 is 2.25 bits per heavy atom. The molecule has 0 aromatic heterocycles. The summed E-state index contributed by atoms with van der Waals surface area (Å²) in [4.78, 5) is 1.90. The highest BCUT2D eigenvalue weighted by atomic mass is 35.5. The zero-order valence-electron chi connectivity index (χ0n) is 8.15. The highest BCUT2D eigenvalue weighted by Gasteiger charge is 2.10. The summed E-state index contributed by atoms with van der Waals surface area (Å²) in [7, 11) is 0. The highest BCUT2D eigenvalue weighted by Crippen LogP contribution is 2.40. The van der Waals surface area contributed by atoms with E-state index in [2.05, 4.69) is 0 Å². The number of hydrogen-bond acceptors (Lipinski definition) is 2. The molecule has 0 atom stereocenters. The van der Waals surface area contributed by atoms with Crippen molar-refractivity contribution in [3.8, 4) is 5.75 Å². The zero-order chi connectivity index (χ0) is 11.5. The lowest BCUT2D eigenvalue weighted by molar-refractivity contribution is 0.475. The summed E-state index contributed by atoms with van der Waals surface area (Å²) in [5.41, 5.74) is 0. The minimum atomic E-state index is 0.00378. The molecule has 4 heteroatoms. The normalized spacial score (nSPS) is 10.4. The minimum Gasteiger partial charge on any atom is -0.506 e. The molecule has 2 aromatic carbocycles. The number of phenols is 1. The van der Waals surface area contributed by atoms with Crippen LogP contribution in [-0.4, -0.2) is 5.11 Å². The van der Waals surface area contributed by atoms with E-state index in [1.54, 1.807) is 12.1 Å². The van der Waals surface area contributed by atoms with E-state index in [9.17, 15) is 5.11 Å². The zero-order valence-corrected chi connectivity index (χ0v) is 10.5. The fourth-order valence-electron chi connectivity index (χ4n) is 1.22. The third-order valence-corrected chi connectivity index (χ3v) is 4.05. The Morgan fingerprint density at radius 2 is 1.56 bits per heavy atom. The van der Waals surface area contributed by atoms with Crippen molar-refractivity contribution in [3.05, 3.63) is 52.5 Å². The largest absolute Gasteiger partial charge is 0.506 e. The molecule has 2 aromatic rings. The number of aromatic hydroxyl groups is 1. The first-order valence-corrected chi connectivity index (χ1v) is 6.15. The third-order valence-electron chi connectivity index (χ3n) is 2.00. The van der Waals surface area contributed by atoms with E-state index in [0.717, 1.165) is 9.79 Å². The Morgan fingerprint density at radius 1 is 0.875 bits per heavy atom. The van der Waals surface area contributed by atoms with E-state index in [1.807, 2.05) is 30.3 Å². The van der Waals surface area contributed by atoms with Crippen molar-refractivity contribution in [2.45, 2.75) is 9.79 Å². The summed E-state index contributed by atoms with van der Waals surface area (Å²) in [5, 5.41) is 9.95. The molecule has 2 rings (SSSR count). The van der Waals surface area contributed by atoms with Crippen LogP contribution in [-0.2, 0) is 0 Å². The van der Waals surface area contributed by atoms with Gasteiger partial charge in [0.2, 0.25) is 0 Å². The minimum absolute atomic E-state index is 0.00378. The van der Waals surface area contributed by atoms with Gasteiger partial charge in [-0.25, -0.2) is 0 Å². The molecule has 0 heterocycles. The first-order valence-electron chi connectivity index (χ1n) is 4.58. The second-order valence-corrected chi connectivity index (χ2v) is 5.00. The number of hydrogen-bond donors (Lipinski definition) is 1. The lowest BCUT2D eigenvalue weighted by Crippen LogP contribution is -1.78. The fraction of sp³-hybridized carbons (Fsp3) is 0. The van der Waals surface area contributed by atoms with Gasteiger partial charge in [-0.15, -0.1) is 0 Å². The van der Waals surface area contributed by atoms with Crippen LogP contribution in [0.25, 0.3) is 0 Å². The van der Waals surface area contributed by atoms with Gasteiger partial charge in [0.25, 0.3) is 0 Å². The van der Waals surface area contributed by atoms with Crippen molar-refractivity contribution in [2.75, 3.05) is 0 Å². The molecular formula is C12H8Cl2OS. The summed E-state index contributed by atoms with van der Waals surface area (Å²) in [6, 6.07) is 13.1. The SMILES string of the molecule is Oc1ccc(Sc2ccccc2)c(Cl)c1Cl. The smallest absolute Gasteiger partial charge is 0.135 e. The van der Waals surface area contributed by atoms with Crippen LogP contribution in [0, 0.1) is 0 Å². The van der Waals surface area contributed by atoms with Crippen molar-refractivity contribution in [3.63, 3.8) is 0 Å². The van der Waals surface area contributed by atoms with Crippen LogP contribution >= 0.6 is 35.0 Å². The fourth-order valence-corrected chi connectivity index (χ4v) is 2.59. The number of benzene rings is 2. The van der Waals surface area contributed by atoms with Crippen molar-refractivity contribution in [2.24, 2.45) is 0 Å². The summed E-state index contributed by atoms with van der Waals surface area (Å²) in [6.45, 7) is 0. The molecular weight excluding hydrogens is 263 g/mol. The van der Waals surface area contributed by atoms with Gasteiger partial charge < -0.3 is 5.11 Å². The Balaban J connectivity index is 2.33. The van der Waals surface area contributed by atoms with Gasteiger partial charge in [-0.2, -0.15) is 0 Å². The predicted molar refractivity (Wildman–Crippen MR) is 68.7 cm³/mol. The van der Waals surface area contributed by atoms with E-state index in [4.69, 9.17) is 23.2 Å².